The minimum Gasteiger partial charge on any atom is -0.352 e. The molecule has 0 radical (unpaired) electrons. The lowest BCUT2D eigenvalue weighted by Gasteiger charge is -2.32. The molecule has 1 aliphatic rings. The summed E-state index contributed by atoms with van der Waals surface area (Å²) in [4.78, 5) is 28.3. The van der Waals surface area contributed by atoms with Crippen LogP contribution in [0.25, 0.3) is 0 Å². The van der Waals surface area contributed by atoms with Crippen LogP contribution in [0.1, 0.15) is 49.3 Å². The van der Waals surface area contributed by atoms with E-state index in [-0.39, 0.29) is 17.5 Å². The molecule has 0 saturated heterocycles. The molecule has 12 heteroatoms. The summed E-state index contributed by atoms with van der Waals surface area (Å²) >= 11 is 5.82. The Hall–Kier alpha value is -3.57. The van der Waals surface area contributed by atoms with Gasteiger partial charge in [-0.05, 0) is 62.6 Å². The molecule has 1 saturated carbocycles. The van der Waals surface area contributed by atoms with Gasteiger partial charge in [-0.3, -0.25) is 13.9 Å². The smallest absolute Gasteiger partial charge is 0.352 e. The van der Waals surface area contributed by atoms with Crippen molar-refractivity contribution in [1.82, 2.24) is 10.2 Å². The van der Waals surface area contributed by atoms with Crippen LogP contribution in [0.4, 0.5) is 18.9 Å². The summed E-state index contributed by atoms with van der Waals surface area (Å²) in [5, 5.41) is 2.36. The van der Waals surface area contributed by atoms with Gasteiger partial charge in [0.2, 0.25) is 11.8 Å². The van der Waals surface area contributed by atoms with Crippen molar-refractivity contribution in [3.05, 3.63) is 94.5 Å². The van der Waals surface area contributed by atoms with Gasteiger partial charge in [-0.2, -0.15) is 13.2 Å². The lowest BCUT2D eigenvalue weighted by Crippen LogP contribution is -2.52. The Labute approximate surface area is 254 Å². The molecule has 3 aromatic carbocycles. The predicted molar refractivity (Wildman–Crippen MR) is 159 cm³/mol. The second-order valence-electron chi connectivity index (χ2n) is 10.7. The van der Waals surface area contributed by atoms with E-state index in [1.165, 1.54) is 17.0 Å². The fraction of sp³-hybridized carbons (Fsp3) is 0.355. The van der Waals surface area contributed by atoms with E-state index in [4.69, 9.17) is 11.6 Å². The normalized spacial score (nSPS) is 14.7. The summed E-state index contributed by atoms with van der Waals surface area (Å²) in [5.41, 5.74) is -0.180. The van der Waals surface area contributed by atoms with Gasteiger partial charge < -0.3 is 10.2 Å². The summed E-state index contributed by atoms with van der Waals surface area (Å²) in [6.07, 6.45) is -1.25. The first-order chi connectivity index (χ1) is 20.3. The van der Waals surface area contributed by atoms with Crippen molar-refractivity contribution in [2.24, 2.45) is 0 Å². The number of carbonyl (C=O) groups excluding carboxylic acids is 2. The van der Waals surface area contributed by atoms with Gasteiger partial charge in [0.05, 0.1) is 21.2 Å². The topological polar surface area (TPSA) is 86.8 Å². The molecule has 3 aromatic rings. The molecule has 4 rings (SSSR count). The molecule has 1 fully saturated rings. The Kier molecular flexibility index (Phi) is 10.1. The van der Waals surface area contributed by atoms with Gasteiger partial charge in [0, 0.05) is 12.6 Å². The van der Waals surface area contributed by atoms with E-state index in [1.807, 2.05) is 0 Å². The van der Waals surface area contributed by atoms with Crippen molar-refractivity contribution >= 4 is 39.1 Å². The number of aryl methyl sites for hydroxylation is 1. The monoisotopic (exact) mass is 635 g/mol. The standard InChI is InChI=1S/C31H33ClF3N3O4S/c1-21-12-15-26(16-13-21)43(41,42)38(25-14-17-28(32)27(18-25)31(33,34)35)20-29(39)37(19-23-8-4-3-5-9-23)22(2)30(40)36-24-10-6-7-11-24/h3-5,8-9,12-18,22,24H,6-7,10-11,19-20H2,1-2H3,(H,36,40)/t22-/m1/s1. The fourth-order valence-corrected chi connectivity index (χ4v) is 6.64. The van der Waals surface area contributed by atoms with Gasteiger partial charge in [-0.1, -0.05) is 72.5 Å². The molecule has 0 spiro atoms. The molecule has 0 unspecified atom stereocenters. The molecule has 2 amide bonds. The molecule has 7 nitrogen and oxygen atoms in total. The number of alkyl halides is 3. The second-order valence-corrected chi connectivity index (χ2v) is 12.9. The van der Waals surface area contributed by atoms with Gasteiger partial charge in [0.25, 0.3) is 10.0 Å². The zero-order valence-electron chi connectivity index (χ0n) is 23.8. The summed E-state index contributed by atoms with van der Waals surface area (Å²) < 4.78 is 69.8. The highest BCUT2D eigenvalue weighted by molar-refractivity contribution is 7.92. The molecule has 1 aliphatic carbocycles. The summed E-state index contributed by atoms with van der Waals surface area (Å²) in [7, 11) is -4.54. The van der Waals surface area contributed by atoms with Gasteiger partial charge >= 0.3 is 6.18 Å². The summed E-state index contributed by atoms with van der Waals surface area (Å²) in [5.74, 6) is -1.16. The SMILES string of the molecule is Cc1ccc(S(=O)(=O)N(CC(=O)N(Cc2ccccc2)[C@H](C)C(=O)NC2CCCC2)c2ccc(Cl)c(C(F)(F)F)c2)cc1. The third kappa shape index (κ3) is 7.88. The number of carbonyl (C=O) groups is 2. The van der Waals surface area contributed by atoms with Crippen LogP contribution in [0.15, 0.2) is 77.7 Å². The maximum atomic E-state index is 14.0. The number of nitrogens with one attached hydrogen (secondary N) is 1. The van der Waals surface area contributed by atoms with Crippen molar-refractivity contribution in [2.75, 3.05) is 10.8 Å². The van der Waals surface area contributed by atoms with Gasteiger partial charge in [0.15, 0.2) is 0 Å². The highest BCUT2D eigenvalue weighted by atomic mass is 35.5. The first-order valence-electron chi connectivity index (χ1n) is 13.9. The van der Waals surface area contributed by atoms with E-state index < -0.39 is 56.9 Å². The number of nitrogens with zero attached hydrogens (tertiary/aromatic N) is 2. The first kappa shape index (κ1) is 32.3. The lowest BCUT2D eigenvalue weighted by molar-refractivity contribution is -0.139. The van der Waals surface area contributed by atoms with Crippen molar-refractivity contribution in [2.45, 2.75) is 69.2 Å². The third-order valence-corrected chi connectivity index (χ3v) is 9.61. The number of benzene rings is 3. The molecule has 1 N–H and O–H groups in total. The van der Waals surface area contributed by atoms with E-state index >= 15 is 0 Å². The third-order valence-electron chi connectivity index (χ3n) is 7.50. The van der Waals surface area contributed by atoms with Crippen LogP contribution >= 0.6 is 11.6 Å². The number of rotatable bonds is 10. The van der Waals surface area contributed by atoms with E-state index in [2.05, 4.69) is 5.32 Å². The lowest BCUT2D eigenvalue weighted by atomic mass is 10.1. The van der Waals surface area contributed by atoms with Crippen LogP contribution in [-0.2, 0) is 32.3 Å². The molecule has 1 atom stereocenters. The van der Waals surface area contributed by atoms with Crippen LogP contribution in [0, 0.1) is 6.92 Å². The Balaban J connectivity index is 1.74. The number of halogens is 4. The molecule has 230 valence electrons. The van der Waals surface area contributed by atoms with Gasteiger partial charge in [-0.25, -0.2) is 8.42 Å². The largest absolute Gasteiger partial charge is 0.417 e. The molecule has 0 aliphatic heterocycles. The van der Waals surface area contributed by atoms with Gasteiger partial charge in [-0.15, -0.1) is 0 Å². The van der Waals surface area contributed by atoms with Crippen LogP contribution in [0.2, 0.25) is 5.02 Å². The number of anilines is 1. The highest BCUT2D eigenvalue weighted by Gasteiger charge is 2.37. The molecule has 0 aromatic heterocycles. The van der Waals surface area contributed by atoms with Crippen molar-refractivity contribution in [3.8, 4) is 0 Å². The molecule has 43 heavy (non-hydrogen) atoms. The van der Waals surface area contributed by atoms with Crippen LogP contribution in [-0.4, -0.2) is 43.8 Å². The van der Waals surface area contributed by atoms with Gasteiger partial charge in [0.1, 0.15) is 12.6 Å². The number of hydrogen-bond acceptors (Lipinski definition) is 4. The number of sulfonamides is 1. The summed E-state index contributed by atoms with van der Waals surface area (Å²) in [6, 6.07) is 16.3. The van der Waals surface area contributed by atoms with E-state index in [0.29, 0.717) is 15.9 Å². The maximum absolute atomic E-state index is 14.0. The average Bonchev–Trinajstić information content (AvgIpc) is 3.47. The van der Waals surface area contributed by atoms with Crippen molar-refractivity contribution in [3.63, 3.8) is 0 Å². The van der Waals surface area contributed by atoms with E-state index in [9.17, 15) is 31.2 Å². The first-order valence-corrected chi connectivity index (χ1v) is 15.7. The maximum Gasteiger partial charge on any atom is 0.417 e. The Morgan fingerprint density at radius 1 is 1.00 bits per heavy atom. The van der Waals surface area contributed by atoms with E-state index in [1.54, 1.807) is 56.3 Å². The average molecular weight is 636 g/mol. The Morgan fingerprint density at radius 2 is 1.63 bits per heavy atom. The van der Waals surface area contributed by atoms with E-state index in [0.717, 1.165) is 43.4 Å². The minimum absolute atomic E-state index is 0.0168. The molecule has 0 bridgehead atoms. The molecular formula is C31H33ClF3N3O4S. The van der Waals surface area contributed by atoms with Crippen LogP contribution in [0.5, 0.6) is 0 Å². The van der Waals surface area contributed by atoms with Crippen LogP contribution < -0.4 is 9.62 Å². The fourth-order valence-electron chi connectivity index (χ4n) is 5.01. The number of hydrogen-bond donors (Lipinski definition) is 1. The summed E-state index contributed by atoms with van der Waals surface area (Å²) in [6.45, 7) is 2.43. The Morgan fingerprint density at radius 3 is 2.23 bits per heavy atom. The second kappa shape index (κ2) is 13.4. The zero-order valence-corrected chi connectivity index (χ0v) is 25.3. The zero-order chi connectivity index (χ0) is 31.4. The van der Waals surface area contributed by atoms with Crippen molar-refractivity contribution in [1.29, 1.82) is 0 Å². The number of amides is 2. The van der Waals surface area contributed by atoms with Crippen molar-refractivity contribution < 1.29 is 31.2 Å². The molecular weight excluding hydrogens is 603 g/mol. The minimum atomic E-state index is -4.87. The Bertz CT molecular complexity index is 1540. The molecule has 0 heterocycles. The predicted octanol–water partition coefficient (Wildman–Crippen LogP) is 6.34. The highest BCUT2D eigenvalue weighted by Crippen LogP contribution is 2.38. The van der Waals surface area contributed by atoms with Crippen LogP contribution in [0.3, 0.4) is 0 Å². The quantitative estimate of drug-likeness (QED) is 0.282.